The van der Waals surface area contributed by atoms with Gasteiger partial charge in [0.1, 0.15) is 5.01 Å². The van der Waals surface area contributed by atoms with Crippen LogP contribution in [-0.4, -0.2) is 13.4 Å². The van der Waals surface area contributed by atoms with Crippen LogP contribution >= 0.6 is 11.3 Å². The van der Waals surface area contributed by atoms with E-state index in [2.05, 4.69) is 4.98 Å². The van der Waals surface area contributed by atoms with Crippen molar-refractivity contribution in [1.82, 2.24) is 4.98 Å². The summed E-state index contributed by atoms with van der Waals surface area (Å²) in [5, 5.41) is 5.33. The van der Waals surface area contributed by atoms with E-state index in [9.17, 15) is 21.6 Å². The lowest BCUT2D eigenvalue weighted by Gasteiger charge is -2.12. The summed E-state index contributed by atoms with van der Waals surface area (Å²) in [6.07, 6.45) is -2.09. The first-order valence-corrected chi connectivity index (χ1v) is 8.75. The highest BCUT2D eigenvalue weighted by Crippen LogP contribution is 2.39. The van der Waals surface area contributed by atoms with Crippen molar-refractivity contribution in [1.29, 1.82) is 0 Å². The maximum atomic E-state index is 13.1. The highest BCUT2D eigenvalue weighted by molar-refractivity contribution is 7.89. The van der Waals surface area contributed by atoms with Crippen LogP contribution in [0.1, 0.15) is 22.6 Å². The number of rotatable bonds is 2. The summed E-state index contributed by atoms with van der Waals surface area (Å²) < 4.78 is 62.0. The summed E-state index contributed by atoms with van der Waals surface area (Å²) in [6.45, 7) is 0. The second-order valence-electron chi connectivity index (χ2n) is 5.00. The Morgan fingerprint density at radius 3 is 2.55 bits per heavy atom. The molecule has 0 radical (unpaired) electrons. The zero-order valence-electron chi connectivity index (χ0n) is 11.1. The van der Waals surface area contributed by atoms with Crippen molar-refractivity contribution in [3.8, 4) is 10.6 Å². The molecule has 0 saturated carbocycles. The molecule has 0 spiro atoms. The molecule has 22 heavy (non-hydrogen) atoms. The van der Waals surface area contributed by atoms with E-state index >= 15 is 0 Å². The Hall–Kier alpha value is -1.45. The number of nitrogens with zero attached hydrogens (tertiary/aromatic N) is 1. The van der Waals surface area contributed by atoms with Gasteiger partial charge in [0.2, 0.25) is 10.0 Å². The van der Waals surface area contributed by atoms with Crippen molar-refractivity contribution in [2.45, 2.75) is 30.3 Å². The number of aromatic nitrogens is 1. The van der Waals surface area contributed by atoms with Crippen LogP contribution in [0.5, 0.6) is 0 Å². The largest absolute Gasteiger partial charge is 0.417 e. The number of hydrogen-bond acceptors (Lipinski definition) is 4. The van der Waals surface area contributed by atoms with Gasteiger partial charge in [0.25, 0.3) is 0 Å². The topological polar surface area (TPSA) is 73.1 Å². The quantitative estimate of drug-likeness (QED) is 0.907. The summed E-state index contributed by atoms with van der Waals surface area (Å²) in [5.41, 5.74) is -0.0916. The minimum atomic E-state index is -4.81. The Kier molecular flexibility index (Phi) is 3.54. The summed E-state index contributed by atoms with van der Waals surface area (Å²) >= 11 is 1.35. The molecule has 3 rings (SSSR count). The van der Waals surface area contributed by atoms with Gasteiger partial charge in [-0.3, -0.25) is 0 Å². The first-order chi connectivity index (χ1) is 10.2. The third kappa shape index (κ3) is 2.75. The molecule has 0 unspecified atom stereocenters. The van der Waals surface area contributed by atoms with Gasteiger partial charge in [-0.25, -0.2) is 18.5 Å². The van der Waals surface area contributed by atoms with Gasteiger partial charge < -0.3 is 0 Å². The molecule has 118 valence electrons. The molecule has 4 nitrogen and oxygen atoms in total. The molecule has 1 aliphatic carbocycles. The number of nitrogens with two attached hydrogens (primary N) is 1. The van der Waals surface area contributed by atoms with Crippen molar-refractivity contribution >= 4 is 21.4 Å². The fourth-order valence-corrected chi connectivity index (χ4v) is 4.33. The molecule has 0 fully saturated rings. The first kappa shape index (κ1) is 15.4. The number of halogens is 3. The molecule has 1 aromatic heterocycles. The molecule has 0 amide bonds. The molecule has 0 bridgehead atoms. The van der Waals surface area contributed by atoms with Gasteiger partial charge in [-0.2, -0.15) is 13.2 Å². The average Bonchev–Trinajstić information content (AvgIpc) is 2.96. The van der Waals surface area contributed by atoms with E-state index in [1.807, 2.05) is 0 Å². The second-order valence-corrected chi connectivity index (χ2v) is 7.61. The van der Waals surface area contributed by atoms with Gasteiger partial charge in [0.05, 0.1) is 16.2 Å². The Labute approximate surface area is 128 Å². The Morgan fingerprint density at radius 1 is 1.23 bits per heavy atom. The van der Waals surface area contributed by atoms with Crippen LogP contribution in [0.4, 0.5) is 13.2 Å². The van der Waals surface area contributed by atoms with E-state index in [4.69, 9.17) is 5.14 Å². The van der Waals surface area contributed by atoms with E-state index in [-0.39, 0.29) is 5.56 Å². The monoisotopic (exact) mass is 348 g/mol. The highest BCUT2D eigenvalue weighted by atomic mass is 32.2. The fourth-order valence-electron chi connectivity index (χ4n) is 2.45. The number of benzene rings is 1. The normalized spacial score (nSPS) is 15.1. The Balaban J connectivity index is 2.14. The zero-order valence-corrected chi connectivity index (χ0v) is 12.8. The van der Waals surface area contributed by atoms with Crippen molar-refractivity contribution in [2.24, 2.45) is 5.14 Å². The predicted molar refractivity (Wildman–Crippen MR) is 76.0 cm³/mol. The zero-order chi connectivity index (χ0) is 16.1. The van der Waals surface area contributed by atoms with Crippen LogP contribution < -0.4 is 5.14 Å². The standard InChI is InChI=1S/C13H11F3N2O2S2/c14-13(15,16)8-6-7(4-5-11(8)22(17,19)20)12-18-9-2-1-3-10(9)21-12/h4-6H,1-3H2,(H2,17,19,20). The maximum Gasteiger partial charge on any atom is 0.417 e. The number of hydrogen-bond donors (Lipinski definition) is 1. The van der Waals surface area contributed by atoms with Crippen LogP contribution in [-0.2, 0) is 29.0 Å². The third-order valence-electron chi connectivity index (χ3n) is 3.43. The number of aryl methyl sites for hydroxylation is 2. The molecule has 9 heteroatoms. The molecule has 0 saturated heterocycles. The SMILES string of the molecule is NS(=O)(=O)c1ccc(-c2nc3c(s2)CCC3)cc1C(F)(F)F. The highest BCUT2D eigenvalue weighted by Gasteiger charge is 2.37. The van der Waals surface area contributed by atoms with Gasteiger partial charge in [-0.05, 0) is 31.4 Å². The van der Waals surface area contributed by atoms with Crippen LogP contribution in [0.3, 0.4) is 0 Å². The lowest BCUT2D eigenvalue weighted by molar-refractivity contribution is -0.139. The molecule has 1 heterocycles. The third-order valence-corrected chi connectivity index (χ3v) is 5.61. The first-order valence-electron chi connectivity index (χ1n) is 6.39. The number of sulfonamides is 1. The van der Waals surface area contributed by atoms with Crippen molar-refractivity contribution in [3.05, 3.63) is 34.3 Å². The molecule has 0 aliphatic heterocycles. The lowest BCUT2D eigenvalue weighted by Crippen LogP contribution is -2.19. The second kappa shape index (κ2) is 5.04. The van der Waals surface area contributed by atoms with Crippen molar-refractivity contribution in [2.75, 3.05) is 0 Å². The van der Waals surface area contributed by atoms with Crippen molar-refractivity contribution in [3.63, 3.8) is 0 Å². The van der Waals surface area contributed by atoms with Crippen LogP contribution in [0.25, 0.3) is 10.6 Å². The van der Waals surface area contributed by atoms with Gasteiger partial charge >= 0.3 is 6.18 Å². The predicted octanol–water partition coefficient (Wildman–Crippen LogP) is 2.97. The number of alkyl halides is 3. The van der Waals surface area contributed by atoms with Crippen molar-refractivity contribution < 1.29 is 21.6 Å². The fraction of sp³-hybridized carbons (Fsp3) is 0.308. The number of primary sulfonamides is 1. The molecule has 0 atom stereocenters. The summed E-state index contributed by atoms with van der Waals surface area (Å²) in [7, 11) is -4.45. The summed E-state index contributed by atoms with van der Waals surface area (Å²) in [6, 6.07) is 3.00. The van der Waals surface area contributed by atoms with Gasteiger partial charge in [-0.15, -0.1) is 11.3 Å². The minimum Gasteiger partial charge on any atom is -0.241 e. The van der Waals surface area contributed by atoms with E-state index < -0.39 is 26.7 Å². The van der Waals surface area contributed by atoms with E-state index in [0.717, 1.165) is 42.0 Å². The molecular weight excluding hydrogens is 337 g/mol. The molecule has 1 aromatic carbocycles. The smallest absolute Gasteiger partial charge is 0.241 e. The van der Waals surface area contributed by atoms with E-state index in [1.54, 1.807) is 0 Å². The summed E-state index contributed by atoms with van der Waals surface area (Å²) in [4.78, 5) is 4.51. The Bertz CT molecular complexity index is 820. The van der Waals surface area contributed by atoms with Gasteiger partial charge in [0.15, 0.2) is 0 Å². The lowest BCUT2D eigenvalue weighted by atomic mass is 10.1. The molecule has 2 aromatic rings. The summed E-state index contributed by atoms with van der Waals surface area (Å²) in [5.74, 6) is 0. The molecular formula is C13H11F3N2O2S2. The van der Waals surface area contributed by atoms with E-state index in [1.165, 1.54) is 17.4 Å². The van der Waals surface area contributed by atoms with Crippen LogP contribution in [0, 0.1) is 0 Å². The minimum absolute atomic E-state index is 0.249. The average molecular weight is 348 g/mol. The van der Waals surface area contributed by atoms with Gasteiger partial charge in [0, 0.05) is 10.4 Å². The molecule has 1 aliphatic rings. The van der Waals surface area contributed by atoms with E-state index in [0.29, 0.717) is 5.01 Å². The maximum absolute atomic E-state index is 13.1. The Morgan fingerprint density at radius 2 is 1.95 bits per heavy atom. The number of thiazole rings is 1. The van der Waals surface area contributed by atoms with Gasteiger partial charge in [-0.1, -0.05) is 6.07 Å². The molecule has 2 N–H and O–H groups in total. The number of fused-ring (bicyclic) bond motifs is 1. The van der Waals surface area contributed by atoms with Crippen LogP contribution in [0.2, 0.25) is 0 Å². The van der Waals surface area contributed by atoms with Crippen LogP contribution in [0.15, 0.2) is 23.1 Å².